The summed E-state index contributed by atoms with van der Waals surface area (Å²) >= 11 is 6.00. The van der Waals surface area contributed by atoms with Crippen molar-refractivity contribution in [2.45, 2.75) is 30.3 Å². The van der Waals surface area contributed by atoms with Crippen LogP contribution in [0.15, 0.2) is 30.6 Å². The van der Waals surface area contributed by atoms with Gasteiger partial charge >= 0.3 is 0 Å². The predicted molar refractivity (Wildman–Crippen MR) is 71.3 cm³/mol. The summed E-state index contributed by atoms with van der Waals surface area (Å²) in [6.45, 7) is 0. The maximum Gasteiger partial charge on any atom is 0.0875 e. The standard InChI is InChI=1S/C14H14ClN3O/c1-19-18-12-2-3-13(18)6-14(5-12,9-16)10-4-11(15)8-17-7-10/h2-4,7-8,12-13H,5-6H2,1H3. The molecule has 2 atom stereocenters. The second-order valence-corrected chi connectivity index (χ2v) is 5.49. The van der Waals surface area contributed by atoms with Gasteiger partial charge in [-0.3, -0.25) is 4.98 Å². The van der Waals surface area contributed by atoms with Crippen LogP contribution < -0.4 is 0 Å². The van der Waals surface area contributed by atoms with Crippen LogP contribution in [0.5, 0.6) is 0 Å². The Balaban J connectivity index is 1.98. The van der Waals surface area contributed by atoms with Crippen LogP contribution in [0.1, 0.15) is 18.4 Å². The monoisotopic (exact) mass is 275 g/mol. The van der Waals surface area contributed by atoms with E-state index in [-0.39, 0.29) is 12.1 Å². The lowest BCUT2D eigenvalue weighted by atomic mass is 9.72. The zero-order valence-electron chi connectivity index (χ0n) is 10.6. The number of rotatable bonds is 2. The highest BCUT2D eigenvalue weighted by Gasteiger charge is 2.48. The van der Waals surface area contributed by atoms with Crippen molar-refractivity contribution in [1.82, 2.24) is 10.0 Å². The van der Waals surface area contributed by atoms with E-state index in [1.165, 1.54) is 0 Å². The number of hydrogen-bond donors (Lipinski definition) is 0. The van der Waals surface area contributed by atoms with Crippen LogP contribution >= 0.6 is 11.6 Å². The summed E-state index contributed by atoms with van der Waals surface area (Å²) in [5, 5.41) is 12.2. The van der Waals surface area contributed by atoms with Crippen molar-refractivity contribution in [1.29, 1.82) is 5.26 Å². The first-order valence-corrected chi connectivity index (χ1v) is 6.59. The molecule has 5 heteroatoms. The maximum atomic E-state index is 9.70. The Kier molecular flexibility index (Phi) is 3.06. The highest BCUT2D eigenvalue weighted by atomic mass is 35.5. The van der Waals surface area contributed by atoms with Crippen LogP contribution in [0, 0.1) is 11.3 Å². The predicted octanol–water partition coefficient (Wildman–Crippen LogP) is 2.46. The van der Waals surface area contributed by atoms with Crippen LogP contribution in [-0.4, -0.2) is 29.2 Å². The molecule has 2 aliphatic heterocycles. The third kappa shape index (κ3) is 1.95. The summed E-state index contributed by atoms with van der Waals surface area (Å²) in [6.07, 6.45) is 8.97. The number of piperidine rings is 1. The summed E-state index contributed by atoms with van der Waals surface area (Å²) in [6, 6.07) is 4.61. The molecule has 4 nitrogen and oxygen atoms in total. The van der Waals surface area contributed by atoms with Crippen molar-refractivity contribution in [2.24, 2.45) is 0 Å². The quantitative estimate of drug-likeness (QED) is 0.778. The van der Waals surface area contributed by atoms with Crippen molar-refractivity contribution in [3.8, 4) is 6.07 Å². The SMILES string of the molecule is CON1C2C=CC1CC(C#N)(c1cncc(Cl)c1)C2. The van der Waals surface area contributed by atoms with Crippen LogP contribution in [0.3, 0.4) is 0 Å². The van der Waals surface area contributed by atoms with E-state index in [0.29, 0.717) is 17.9 Å². The lowest BCUT2D eigenvalue weighted by Gasteiger charge is -2.41. The molecule has 1 aromatic rings. The Morgan fingerprint density at radius 2 is 2.11 bits per heavy atom. The topological polar surface area (TPSA) is 49.1 Å². The largest absolute Gasteiger partial charge is 0.301 e. The molecule has 0 saturated carbocycles. The van der Waals surface area contributed by atoms with E-state index in [2.05, 4.69) is 23.2 Å². The van der Waals surface area contributed by atoms with Gasteiger partial charge in [-0.1, -0.05) is 23.8 Å². The van der Waals surface area contributed by atoms with Crippen molar-refractivity contribution in [3.63, 3.8) is 0 Å². The van der Waals surface area contributed by atoms with E-state index in [0.717, 1.165) is 5.56 Å². The summed E-state index contributed by atoms with van der Waals surface area (Å²) in [5.74, 6) is 0. The zero-order valence-corrected chi connectivity index (χ0v) is 11.3. The van der Waals surface area contributed by atoms with E-state index in [1.807, 2.05) is 11.1 Å². The molecule has 0 aromatic carbocycles. The number of aromatic nitrogens is 1. The zero-order chi connectivity index (χ0) is 13.5. The summed E-state index contributed by atoms with van der Waals surface area (Å²) in [7, 11) is 1.67. The van der Waals surface area contributed by atoms with Gasteiger partial charge in [-0.05, 0) is 24.5 Å². The van der Waals surface area contributed by atoms with Gasteiger partial charge in [0, 0.05) is 12.4 Å². The van der Waals surface area contributed by atoms with Gasteiger partial charge in [0.2, 0.25) is 0 Å². The molecule has 0 N–H and O–H groups in total. The Hall–Kier alpha value is -1.41. The first-order chi connectivity index (χ1) is 9.18. The van der Waals surface area contributed by atoms with Crippen LogP contribution in [0.25, 0.3) is 0 Å². The highest BCUT2D eigenvalue weighted by molar-refractivity contribution is 6.30. The molecule has 19 heavy (non-hydrogen) atoms. The second-order valence-electron chi connectivity index (χ2n) is 5.06. The van der Waals surface area contributed by atoms with Gasteiger partial charge in [-0.25, -0.2) is 0 Å². The normalized spacial score (nSPS) is 33.3. The Morgan fingerprint density at radius 1 is 1.42 bits per heavy atom. The first kappa shape index (κ1) is 12.6. The number of pyridine rings is 1. The minimum Gasteiger partial charge on any atom is -0.301 e. The molecular weight excluding hydrogens is 262 g/mol. The van der Waals surface area contributed by atoms with E-state index >= 15 is 0 Å². The van der Waals surface area contributed by atoms with Crippen LogP contribution in [-0.2, 0) is 10.3 Å². The Bertz CT molecular complexity index is 550. The number of hydroxylamine groups is 2. The number of fused-ring (bicyclic) bond motifs is 2. The van der Waals surface area contributed by atoms with Gasteiger partial charge in [0.25, 0.3) is 0 Å². The fourth-order valence-electron chi connectivity index (χ4n) is 3.12. The summed E-state index contributed by atoms with van der Waals surface area (Å²) in [4.78, 5) is 9.51. The van der Waals surface area contributed by atoms with E-state index < -0.39 is 5.41 Å². The molecule has 0 radical (unpaired) electrons. The number of hydrogen-bond acceptors (Lipinski definition) is 4. The van der Waals surface area contributed by atoms with Gasteiger partial charge in [-0.15, -0.1) is 0 Å². The molecule has 0 aliphatic carbocycles. The van der Waals surface area contributed by atoms with Gasteiger partial charge in [0.15, 0.2) is 0 Å². The third-order valence-electron chi connectivity index (χ3n) is 4.01. The minimum atomic E-state index is -0.536. The molecule has 1 aromatic heterocycles. The molecule has 1 saturated heterocycles. The molecule has 1 fully saturated rings. The van der Waals surface area contributed by atoms with Crippen molar-refractivity contribution >= 4 is 11.6 Å². The van der Waals surface area contributed by atoms with Crippen molar-refractivity contribution < 1.29 is 4.84 Å². The molecule has 98 valence electrons. The number of nitrogens with zero attached hydrogens (tertiary/aromatic N) is 3. The molecule has 2 aliphatic rings. The second kappa shape index (κ2) is 4.61. The van der Waals surface area contributed by atoms with E-state index in [1.54, 1.807) is 19.5 Å². The molecule has 2 unspecified atom stereocenters. The maximum absolute atomic E-state index is 9.70. The average molecular weight is 276 g/mol. The Labute approximate surface area is 117 Å². The van der Waals surface area contributed by atoms with Crippen LogP contribution in [0.4, 0.5) is 0 Å². The van der Waals surface area contributed by atoms with Gasteiger partial charge in [0.1, 0.15) is 0 Å². The first-order valence-electron chi connectivity index (χ1n) is 6.21. The smallest absolute Gasteiger partial charge is 0.0875 e. The van der Waals surface area contributed by atoms with Gasteiger partial charge in [-0.2, -0.15) is 10.3 Å². The third-order valence-corrected chi connectivity index (χ3v) is 4.21. The molecular formula is C14H14ClN3O. The fraction of sp³-hybridized carbons (Fsp3) is 0.429. The van der Waals surface area contributed by atoms with Gasteiger partial charge < -0.3 is 4.84 Å². The van der Waals surface area contributed by atoms with Gasteiger partial charge in [0.05, 0.1) is 35.7 Å². The van der Waals surface area contributed by atoms with E-state index in [4.69, 9.17) is 16.4 Å². The highest BCUT2D eigenvalue weighted by Crippen LogP contribution is 2.44. The van der Waals surface area contributed by atoms with Crippen LogP contribution in [0.2, 0.25) is 5.02 Å². The number of halogens is 1. The molecule has 3 rings (SSSR count). The molecule has 0 spiro atoms. The van der Waals surface area contributed by atoms with Crippen molar-refractivity contribution in [3.05, 3.63) is 41.2 Å². The summed E-state index contributed by atoms with van der Waals surface area (Å²) in [5.41, 5.74) is 0.364. The molecule has 2 bridgehead atoms. The van der Waals surface area contributed by atoms with Crippen molar-refractivity contribution in [2.75, 3.05) is 7.11 Å². The fourth-order valence-corrected chi connectivity index (χ4v) is 3.30. The minimum absolute atomic E-state index is 0.141. The van der Waals surface area contributed by atoms with E-state index in [9.17, 15) is 5.26 Å². The lowest BCUT2D eigenvalue weighted by molar-refractivity contribution is -0.181. The molecule has 3 heterocycles. The summed E-state index contributed by atoms with van der Waals surface area (Å²) < 4.78 is 0. The molecule has 0 amide bonds. The average Bonchev–Trinajstić information content (AvgIpc) is 2.68. The number of nitriles is 1. The Morgan fingerprint density at radius 3 is 2.63 bits per heavy atom. The lowest BCUT2D eigenvalue weighted by Crippen LogP contribution is -2.49.